The fraction of sp³-hybridized carbons (Fsp3) is 0.222. The zero-order valence-electron chi connectivity index (χ0n) is 19.4. The molecule has 36 heavy (non-hydrogen) atoms. The van der Waals surface area contributed by atoms with Crippen LogP contribution in [0, 0.1) is 0 Å². The molecular formula is C27H24ClN3O5. The molecule has 0 aliphatic carbocycles. The monoisotopic (exact) mass is 505 g/mol. The Kier molecular flexibility index (Phi) is 6.88. The van der Waals surface area contributed by atoms with E-state index in [-0.39, 0.29) is 17.8 Å². The number of aromatic amines is 1. The lowest BCUT2D eigenvalue weighted by molar-refractivity contribution is -0.128. The molecule has 9 heteroatoms. The molecule has 2 aromatic heterocycles. The number of amides is 1. The van der Waals surface area contributed by atoms with Gasteiger partial charge in [-0.3, -0.25) is 19.3 Å². The van der Waals surface area contributed by atoms with Crippen molar-refractivity contribution in [3.63, 3.8) is 0 Å². The fourth-order valence-electron chi connectivity index (χ4n) is 4.25. The Labute approximate surface area is 212 Å². The lowest BCUT2D eigenvalue weighted by Crippen LogP contribution is -2.50. The van der Waals surface area contributed by atoms with Crippen molar-refractivity contribution in [2.75, 3.05) is 26.2 Å². The van der Waals surface area contributed by atoms with Crippen molar-refractivity contribution in [2.45, 2.75) is 13.2 Å². The minimum Gasteiger partial charge on any atom is -0.482 e. The highest BCUT2D eigenvalue weighted by molar-refractivity contribution is 6.44. The molecule has 184 valence electrons. The molecule has 0 unspecified atom stereocenters. The van der Waals surface area contributed by atoms with E-state index < -0.39 is 11.7 Å². The van der Waals surface area contributed by atoms with Gasteiger partial charge in [0.05, 0.1) is 12.1 Å². The van der Waals surface area contributed by atoms with Gasteiger partial charge in [0.1, 0.15) is 18.6 Å². The van der Waals surface area contributed by atoms with Gasteiger partial charge in [0, 0.05) is 59.9 Å². The molecule has 1 saturated heterocycles. The molecule has 0 radical (unpaired) electrons. The summed E-state index contributed by atoms with van der Waals surface area (Å²) in [6.07, 6.45) is 2.90. The van der Waals surface area contributed by atoms with Crippen LogP contribution in [0.15, 0.2) is 76.3 Å². The highest BCUT2D eigenvalue weighted by atomic mass is 35.5. The van der Waals surface area contributed by atoms with Gasteiger partial charge in [-0.05, 0) is 12.1 Å². The summed E-state index contributed by atoms with van der Waals surface area (Å²) in [6.45, 7) is 2.52. The summed E-state index contributed by atoms with van der Waals surface area (Å²) in [5.74, 6) is -0.408. The zero-order chi connectivity index (χ0) is 25.1. The molecular weight excluding hydrogens is 482 g/mol. The predicted molar refractivity (Wildman–Crippen MR) is 135 cm³/mol. The van der Waals surface area contributed by atoms with Gasteiger partial charge in [-0.2, -0.15) is 0 Å². The van der Waals surface area contributed by atoms with Crippen molar-refractivity contribution in [1.82, 2.24) is 14.8 Å². The van der Waals surface area contributed by atoms with Gasteiger partial charge in [-0.1, -0.05) is 48.0 Å². The van der Waals surface area contributed by atoms with E-state index in [0.717, 1.165) is 16.5 Å². The molecule has 4 aromatic rings. The molecule has 1 aliphatic heterocycles. The number of piperazine rings is 1. The number of hydrogen-bond donors (Lipinski definition) is 1. The lowest BCUT2D eigenvalue weighted by atomic mass is 10.1. The van der Waals surface area contributed by atoms with Gasteiger partial charge in [0.2, 0.25) is 11.2 Å². The number of para-hydroxylation sites is 1. The van der Waals surface area contributed by atoms with Crippen molar-refractivity contribution in [3.8, 4) is 5.75 Å². The summed E-state index contributed by atoms with van der Waals surface area (Å²) in [5.41, 5.74) is 1.71. The number of H-pyrrole nitrogens is 1. The van der Waals surface area contributed by atoms with Crippen LogP contribution in [0.5, 0.6) is 5.75 Å². The first-order valence-corrected chi connectivity index (χ1v) is 12.0. The number of hydrogen-bond acceptors (Lipinski definition) is 6. The Morgan fingerprint density at radius 2 is 1.78 bits per heavy atom. The molecule has 8 nitrogen and oxygen atoms in total. The maximum Gasteiger partial charge on any atom is 0.295 e. The molecule has 1 N–H and O–H groups in total. The van der Waals surface area contributed by atoms with E-state index in [4.69, 9.17) is 20.8 Å². The quantitative estimate of drug-likeness (QED) is 0.302. The van der Waals surface area contributed by atoms with Gasteiger partial charge in [0.15, 0.2) is 0 Å². The lowest BCUT2D eigenvalue weighted by Gasteiger charge is -2.33. The third-order valence-electron chi connectivity index (χ3n) is 6.26. The van der Waals surface area contributed by atoms with Gasteiger partial charge in [-0.15, -0.1) is 0 Å². The zero-order valence-corrected chi connectivity index (χ0v) is 20.2. The van der Waals surface area contributed by atoms with E-state index in [1.165, 1.54) is 12.3 Å². The number of carbonyl (C=O) groups is 2. The van der Waals surface area contributed by atoms with Crippen LogP contribution in [0.3, 0.4) is 0 Å². The minimum absolute atomic E-state index is 0.116. The second kappa shape index (κ2) is 10.4. The summed E-state index contributed by atoms with van der Waals surface area (Å²) in [5, 5.41) is 1.31. The summed E-state index contributed by atoms with van der Waals surface area (Å²) in [7, 11) is 0. The third kappa shape index (κ3) is 5.05. The second-order valence-electron chi connectivity index (χ2n) is 8.60. The smallest absolute Gasteiger partial charge is 0.295 e. The van der Waals surface area contributed by atoms with Gasteiger partial charge in [-0.25, -0.2) is 0 Å². The largest absolute Gasteiger partial charge is 0.482 e. The number of carbonyl (C=O) groups excluding carboxylic acids is 2. The number of ketones is 1. The van der Waals surface area contributed by atoms with Crippen LogP contribution in [-0.2, 0) is 17.9 Å². The highest BCUT2D eigenvalue weighted by Crippen LogP contribution is 2.20. The Balaban J connectivity index is 1.15. The number of Topliss-reactive ketones (excluding diaryl/α,β-unsaturated/α-hetero) is 1. The SMILES string of the molecule is O=C(C(=O)N1CCN(Cc2cc(=O)c(OCc3ccccc3Cl)co2)CC1)c1c[nH]c2ccccc12. The molecule has 0 spiro atoms. The normalized spacial score (nSPS) is 14.2. The van der Waals surface area contributed by atoms with Crippen LogP contribution in [0.25, 0.3) is 10.9 Å². The molecule has 1 amide bonds. The summed E-state index contributed by atoms with van der Waals surface area (Å²) >= 11 is 6.13. The minimum atomic E-state index is -0.515. The number of nitrogens with one attached hydrogen (secondary N) is 1. The number of ether oxygens (including phenoxy) is 1. The summed E-state index contributed by atoms with van der Waals surface area (Å²) in [4.78, 5) is 44.8. The average molecular weight is 506 g/mol. The fourth-order valence-corrected chi connectivity index (χ4v) is 4.44. The summed E-state index contributed by atoms with van der Waals surface area (Å²) < 4.78 is 11.2. The molecule has 0 atom stereocenters. The van der Waals surface area contributed by atoms with Gasteiger partial charge in [0.25, 0.3) is 11.7 Å². The first kappa shape index (κ1) is 23.8. The number of rotatable bonds is 7. The molecule has 1 fully saturated rings. The van der Waals surface area contributed by atoms with Crippen molar-refractivity contribution < 1.29 is 18.7 Å². The summed E-state index contributed by atoms with van der Waals surface area (Å²) in [6, 6.07) is 16.1. The van der Waals surface area contributed by atoms with Gasteiger partial charge < -0.3 is 19.0 Å². The van der Waals surface area contributed by atoms with Crippen LogP contribution in [0.2, 0.25) is 5.02 Å². The maximum atomic E-state index is 12.8. The number of aromatic nitrogens is 1. The predicted octanol–water partition coefficient (Wildman–Crippen LogP) is 3.88. The van der Waals surface area contributed by atoms with E-state index >= 15 is 0 Å². The van der Waals surface area contributed by atoms with E-state index in [1.54, 1.807) is 17.2 Å². The Morgan fingerprint density at radius 3 is 2.56 bits per heavy atom. The third-order valence-corrected chi connectivity index (χ3v) is 6.63. The van der Waals surface area contributed by atoms with Crippen LogP contribution in [0.1, 0.15) is 21.7 Å². The Morgan fingerprint density at radius 1 is 1.03 bits per heavy atom. The molecule has 0 bridgehead atoms. The standard InChI is InChI=1S/C27H24ClN3O5/c28-22-7-3-1-5-18(22)16-36-25-17-35-19(13-24(25)32)15-30-9-11-31(12-10-30)27(34)26(33)21-14-29-23-8-4-2-6-20(21)23/h1-8,13-14,17,29H,9-12,15-16H2. The first-order valence-electron chi connectivity index (χ1n) is 11.6. The number of halogens is 1. The molecule has 1 aliphatic rings. The van der Waals surface area contributed by atoms with Crippen molar-refractivity contribution >= 4 is 34.2 Å². The molecule has 3 heterocycles. The molecule has 2 aromatic carbocycles. The number of benzene rings is 2. The van der Waals surface area contributed by atoms with E-state index in [9.17, 15) is 14.4 Å². The second-order valence-corrected chi connectivity index (χ2v) is 9.01. The van der Waals surface area contributed by atoms with E-state index in [1.807, 2.05) is 42.5 Å². The number of fused-ring (bicyclic) bond motifs is 1. The Hall–Kier alpha value is -3.88. The molecule has 0 saturated carbocycles. The molecule has 5 rings (SSSR count). The van der Waals surface area contributed by atoms with Crippen LogP contribution < -0.4 is 10.2 Å². The Bertz CT molecular complexity index is 1470. The van der Waals surface area contributed by atoms with Crippen molar-refractivity contribution in [3.05, 3.63) is 99.2 Å². The van der Waals surface area contributed by atoms with Crippen molar-refractivity contribution in [2.24, 2.45) is 0 Å². The maximum absolute atomic E-state index is 12.8. The van der Waals surface area contributed by atoms with Crippen molar-refractivity contribution in [1.29, 1.82) is 0 Å². The number of nitrogens with zero attached hydrogens (tertiary/aromatic N) is 2. The van der Waals surface area contributed by atoms with E-state index in [2.05, 4.69) is 9.88 Å². The highest BCUT2D eigenvalue weighted by Gasteiger charge is 2.28. The average Bonchev–Trinajstić information content (AvgIpc) is 3.33. The van der Waals surface area contributed by atoms with E-state index in [0.29, 0.717) is 49.1 Å². The van der Waals surface area contributed by atoms with Crippen LogP contribution in [-0.4, -0.2) is 52.7 Å². The van der Waals surface area contributed by atoms with Crippen LogP contribution >= 0.6 is 11.6 Å². The first-order chi connectivity index (χ1) is 17.5. The topological polar surface area (TPSA) is 95.8 Å². The van der Waals surface area contributed by atoms with Crippen LogP contribution in [0.4, 0.5) is 0 Å². The van der Waals surface area contributed by atoms with Gasteiger partial charge >= 0.3 is 0 Å².